The predicted octanol–water partition coefficient (Wildman–Crippen LogP) is -0.513. The van der Waals surface area contributed by atoms with Gasteiger partial charge in [0.25, 0.3) is 5.82 Å². The minimum atomic E-state index is -3.53. The second kappa shape index (κ2) is 8.26. The molecule has 1 saturated heterocycles. The molecule has 1 N–H and O–H groups in total. The Balaban J connectivity index is 1.55. The lowest BCUT2D eigenvalue weighted by Gasteiger charge is -2.26. The molecule has 0 spiro atoms. The van der Waals surface area contributed by atoms with Gasteiger partial charge in [-0.05, 0) is 17.7 Å². The zero-order chi connectivity index (χ0) is 19.3. The maximum Gasteiger partial charge on any atom is 0.252 e. The van der Waals surface area contributed by atoms with Crippen LogP contribution in [0.3, 0.4) is 0 Å². The van der Waals surface area contributed by atoms with Crippen molar-refractivity contribution in [1.29, 1.82) is 5.26 Å². The van der Waals surface area contributed by atoms with Gasteiger partial charge in [0.05, 0.1) is 18.1 Å². The van der Waals surface area contributed by atoms with Crippen LogP contribution in [0.1, 0.15) is 11.4 Å². The lowest BCUT2D eigenvalue weighted by Crippen LogP contribution is -2.40. The summed E-state index contributed by atoms with van der Waals surface area (Å²) in [5.41, 5.74) is 0.764. The summed E-state index contributed by atoms with van der Waals surface area (Å²) in [7, 11) is -3.53. The number of nitrogens with zero attached hydrogens (tertiary/aromatic N) is 5. The topological polar surface area (TPSA) is 130 Å². The third kappa shape index (κ3) is 4.68. The number of amides is 1. The molecule has 1 fully saturated rings. The summed E-state index contributed by atoms with van der Waals surface area (Å²) in [6, 6.07) is 8.17. The van der Waals surface area contributed by atoms with Crippen molar-refractivity contribution in [3.05, 3.63) is 42.0 Å². The fourth-order valence-corrected chi connectivity index (χ4v) is 3.95. The molecule has 0 aliphatic carbocycles. The van der Waals surface area contributed by atoms with Crippen LogP contribution in [0.4, 0.5) is 0 Å². The van der Waals surface area contributed by atoms with Crippen molar-refractivity contribution in [2.45, 2.75) is 18.0 Å². The van der Waals surface area contributed by atoms with E-state index in [4.69, 9.17) is 10.00 Å². The summed E-state index contributed by atoms with van der Waals surface area (Å²) >= 11 is 0. The number of ether oxygens (including phenoxy) is 1. The molecule has 1 amide bonds. The minimum Gasteiger partial charge on any atom is -0.379 e. The van der Waals surface area contributed by atoms with Crippen molar-refractivity contribution >= 4 is 15.9 Å². The van der Waals surface area contributed by atoms with Crippen LogP contribution in [0.15, 0.2) is 35.5 Å². The third-order valence-electron chi connectivity index (χ3n) is 3.96. The zero-order valence-corrected chi connectivity index (χ0v) is 15.2. The smallest absolute Gasteiger partial charge is 0.252 e. The number of morpholine rings is 1. The minimum absolute atomic E-state index is 0.000124. The summed E-state index contributed by atoms with van der Waals surface area (Å²) < 4.78 is 33.0. The van der Waals surface area contributed by atoms with Gasteiger partial charge in [-0.3, -0.25) is 4.79 Å². The number of carbonyl (C=O) groups excluding carboxylic acids is 1. The number of sulfonamides is 1. The number of hydrogen-bond acceptors (Lipinski definition) is 7. The Bertz CT molecular complexity index is 942. The number of rotatable bonds is 6. The van der Waals surface area contributed by atoms with Gasteiger partial charge in [-0.1, -0.05) is 12.1 Å². The van der Waals surface area contributed by atoms with Gasteiger partial charge in [-0.25, -0.2) is 18.1 Å². The molecule has 0 radical (unpaired) electrons. The molecule has 27 heavy (non-hydrogen) atoms. The van der Waals surface area contributed by atoms with Gasteiger partial charge in [-0.2, -0.15) is 9.57 Å². The van der Waals surface area contributed by atoms with Gasteiger partial charge >= 0.3 is 0 Å². The summed E-state index contributed by atoms with van der Waals surface area (Å²) in [5, 5.41) is 15.2. The summed E-state index contributed by atoms with van der Waals surface area (Å²) in [5.74, 6) is -0.297. The molecule has 1 aromatic carbocycles. The molecule has 1 aliphatic rings. The number of nitrogens with one attached hydrogen (secondary N) is 1. The highest BCUT2D eigenvalue weighted by Crippen LogP contribution is 2.17. The molecule has 2 heterocycles. The van der Waals surface area contributed by atoms with Crippen LogP contribution >= 0.6 is 0 Å². The van der Waals surface area contributed by atoms with Crippen LogP contribution in [0, 0.1) is 11.3 Å². The van der Waals surface area contributed by atoms with Crippen LogP contribution in [0.5, 0.6) is 0 Å². The number of benzene rings is 1. The number of carbonyl (C=O) groups is 1. The molecule has 0 bridgehead atoms. The zero-order valence-electron chi connectivity index (χ0n) is 14.4. The van der Waals surface area contributed by atoms with Gasteiger partial charge in [-0.15, -0.1) is 5.10 Å². The molecule has 1 aromatic heterocycles. The number of hydrogen-bond donors (Lipinski definition) is 1. The van der Waals surface area contributed by atoms with Crippen molar-refractivity contribution in [3.8, 4) is 6.07 Å². The van der Waals surface area contributed by atoms with Crippen molar-refractivity contribution < 1.29 is 17.9 Å². The SMILES string of the molecule is N#Cc1ncn(CC(=O)NCc2ccc(S(=O)(=O)N3CCOCC3)cc2)n1. The Morgan fingerprint density at radius 2 is 1.96 bits per heavy atom. The molecular formula is C16H18N6O4S. The Morgan fingerprint density at radius 3 is 2.59 bits per heavy atom. The van der Waals surface area contributed by atoms with Crippen LogP contribution in [-0.4, -0.2) is 59.7 Å². The van der Waals surface area contributed by atoms with Crippen molar-refractivity contribution in [2.75, 3.05) is 26.3 Å². The standard InChI is InChI=1S/C16H18N6O4S/c17-9-15-19-12-21(20-15)11-16(23)18-10-13-1-3-14(4-2-13)27(24,25)22-5-7-26-8-6-22/h1-4,12H,5-8,10-11H2,(H,18,23). The van der Waals surface area contributed by atoms with E-state index in [1.807, 2.05) is 0 Å². The summed E-state index contributed by atoms with van der Waals surface area (Å²) in [6.07, 6.45) is 1.31. The molecule has 0 saturated carbocycles. The van der Waals surface area contributed by atoms with Crippen molar-refractivity contribution in [1.82, 2.24) is 24.4 Å². The number of nitriles is 1. The summed E-state index contributed by atoms with van der Waals surface area (Å²) in [4.78, 5) is 15.9. The van der Waals surface area contributed by atoms with E-state index in [1.54, 1.807) is 18.2 Å². The van der Waals surface area contributed by atoms with Gasteiger partial charge in [0, 0.05) is 19.6 Å². The molecular weight excluding hydrogens is 372 g/mol. The lowest BCUT2D eigenvalue weighted by molar-refractivity contribution is -0.122. The second-order valence-corrected chi connectivity index (χ2v) is 7.75. The van der Waals surface area contributed by atoms with E-state index >= 15 is 0 Å². The van der Waals surface area contributed by atoms with Crippen LogP contribution in [-0.2, 0) is 32.6 Å². The molecule has 1 aliphatic heterocycles. The predicted molar refractivity (Wildman–Crippen MR) is 92.6 cm³/mol. The molecule has 11 heteroatoms. The largest absolute Gasteiger partial charge is 0.379 e. The van der Waals surface area contributed by atoms with Gasteiger partial charge < -0.3 is 10.1 Å². The summed E-state index contributed by atoms with van der Waals surface area (Å²) in [6.45, 7) is 1.66. The monoisotopic (exact) mass is 390 g/mol. The Kier molecular flexibility index (Phi) is 5.80. The highest BCUT2D eigenvalue weighted by molar-refractivity contribution is 7.89. The maximum atomic E-state index is 12.6. The average Bonchev–Trinajstić information content (AvgIpc) is 3.15. The van der Waals surface area contributed by atoms with E-state index in [1.165, 1.54) is 27.4 Å². The Morgan fingerprint density at radius 1 is 1.26 bits per heavy atom. The first-order valence-corrected chi connectivity index (χ1v) is 9.66. The van der Waals surface area contributed by atoms with Crippen molar-refractivity contribution in [2.24, 2.45) is 0 Å². The van der Waals surface area contributed by atoms with E-state index in [0.717, 1.165) is 5.56 Å². The van der Waals surface area contributed by atoms with E-state index in [2.05, 4.69) is 15.4 Å². The maximum absolute atomic E-state index is 12.6. The fraction of sp³-hybridized carbons (Fsp3) is 0.375. The molecule has 142 valence electrons. The first-order valence-electron chi connectivity index (χ1n) is 8.22. The van der Waals surface area contributed by atoms with Crippen molar-refractivity contribution in [3.63, 3.8) is 0 Å². The van der Waals surface area contributed by atoms with Crippen LogP contribution < -0.4 is 5.32 Å². The highest BCUT2D eigenvalue weighted by atomic mass is 32.2. The van der Waals surface area contributed by atoms with Gasteiger partial charge in [0.2, 0.25) is 15.9 Å². The van der Waals surface area contributed by atoms with E-state index in [0.29, 0.717) is 26.3 Å². The van der Waals surface area contributed by atoms with E-state index in [-0.39, 0.29) is 29.7 Å². The van der Waals surface area contributed by atoms with Gasteiger partial charge in [0.15, 0.2) is 0 Å². The normalized spacial score (nSPS) is 15.2. The average molecular weight is 390 g/mol. The third-order valence-corrected chi connectivity index (χ3v) is 5.88. The van der Waals surface area contributed by atoms with Crippen LogP contribution in [0.25, 0.3) is 0 Å². The quantitative estimate of drug-likeness (QED) is 0.703. The van der Waals surface area contributed by atoms with Gasteiger partial charge in [0.1, 0.15) is 18.9 Å². The van der Waals surface area contributed by atoms with E-state index < -0.39 is 10.0 Å². The first kappa shape index (κ1) is 19.0. The molecule has 0 atom stereocenters. The fourth-order valence-electron chi connectivity index (χ4n) is 2.54. The first-order chi connectivity index (χ1) is 13.0. The highest BCUT2D eigenvalue weighted by Gasteiger charge is 2.26. The van der Waals surface area contributed by atoms with Crippen LogP contribution in [0.2, 0.25) is 0 Å². The molecule has 0 unspecified atom stereocenters. The Hall–Kier alpha value is -2.81. The second-order valence-electron chi connectivity index (χ2n) is 5.81. The molecule has 3 rings (SSSR count). The molecule has 2 aromatic rings. The number of aromatic nitrogens is 3. The van der Waals surface area contributed by atoms with E-state index in [9.17, 15) is 13.2 Å². The molecule has 10 nitrogen and oxygen atoms in total. The lowest BCUT2D eigenvalue weighted by atomic mass is 10.2. The Labute approximate surface area is 156 Å².